The number of halogens is 1. The summed E-state index contributed by atoms with van der Waals surface area (Å²) in [5, 5.41) is 9.38. The summed E-state index contributed by atoms with van der Waals surface area (Å²) in [6.07, 6.45) is 0.744. The van der Waals surface area contributed by atoms with Crippen molar-refractivity contribution in [2.24, 2.45) is 0 Å². The number of ketones is 1. The molecule has 0 aliphatic carbocycles. The van der Waals surface area contributed by atoms with Crippen LogP contribution in [-0.2, 0) is 13.0 Å². The van der Waals surface area contributed by atoms with Crippen LogP contribution in [0.2, 0.25) is 0 Å². The summed E-state index contributed by atoms with van der Waals surface area (Å²) in [5.41, 5.74) is 1.20. The van der Waals surface area contributed by atoms with Gasteiger partial charge < -0.3 is 4.57 Å². The molecule has 0 N–H and O–H groups in total. The van der Waals surface area contributed by atoms with Gasteiger partial charge in [0.1, 0.15) is 5.82 Å². The molecule has 0 unspecified atom stereocenters. The van der Waals surface area contributed by atoms with E-state index in [1.807, 2.05) is 30.3 Å². The first-order chi connectivity index (χ1) is 11.7. The van der Waals surface area contributed by atoms with E-state index in [9.17, 15) is 4.79 Å². The van der Waals surface area contributed by atoms with Gasteiger partial charge in [0.2, 0.25) is 0 Å². The minimum Gasteiger partial charge on any atom is -0.306 e. The standard InChI is InChI=1S/C17H16BrN3OS2/c1-2-21-16(10-12-6-4-3-5-7-12)19-20-17(21)23-11-13(22)14-8-9-15(18)24-14/h3-9H,2,10-11H2,1H3. The lowest BCUT2D eigenvalue weighted by Crippen LogP contribution is -2.06. The summed E-state index contributed by atoms with van der Waals surface area (Å²) in [6.45, 7) is 2.86. The Bertz CT molecular complexity index is 829. The van der Waals surface area contributed by atoms with Crippen LogP contribution in [0.4, 0.5) is 0 Å². The van der Waals surface area contributed by atoms with Crippen LogP contribution in [0.25, 0.3) is 0 Å². The minimum atomic E-state index is 0.117. The Morgan fingerprint density at radius 1 is 1.21 bits per heavy atom. The van der Waals surface area contributed by atoms with E-state index in [2.05, 4.69) is 49.8 Å². The Morgan fingerprint density at radius 3 is 2.67 bits per heavy atom. The molecule has 4 nitrogen and oxygen atoms in total. The van der Waals surface area contributed by atoms with E-state index in [0.717, 1.165) is 32.6 Å². The van der Waals surface area contributed by atoms with Crippen molar-refractivity contribution in [1.82, 2.24) is 14.8 Å². The van der Waals surface area contributed by atoms with Gasteiger partial charge >= 0.3 is 0 Å². The molecular weight excluding hydrogens is 406 g/mol. The zero-order chi connectivity index (χ0) is 16.9. The lowest BCUT2D eigenvalue weighted by Gasteiger charge is -2.07. The van der Waals surface area contributed by atoms with Crippen LogP contribution in [0.1, 0.15) is 28.0 Å². The molecule has 0 aliphatic heterocycles. The third-order valence-corrected chi connectivity index (χ3v) is 6.13. The summed E-state index contributed by atoms with van der Waals surface area (Å²) in [4.78, 5) is 13.0. The summed E-state index contributed by atoms with van der Waals surface area (Å²) >= 11 is 6.29. The third kappa shape index (κ3) is 4.15. The quantitative estimate of drug-likeness (QED) is 0.410. The van der Waals surface area contributed by atoms with E-state index in [1.54, 1.807) is 0 Å². The maximum atomic E-state index is 12.2. The lowest BCUT2D eigenvalue weighted by molar-refractivity contribution is 0.102. The minimum absolute atomic E-state index is 0.117. The highest BCUT2D eigenvalue weighted by Crippen LogP contribution is 2.25. The lowest BCUT2D eigenvalue weighted by atomic mass is 10.1. The van der Waals surface area contributed by atoms with E-state index in [4.69, 9.17) is 0 Å². The molecule has 0 radical (unpaired) electrons. The molecule has 0 atom stereocenters. The first kappa shape index (κ1) is 17.4. The largest absolute Gasteiger partial charge is 0.306 e. The van der Waals surface area contributed by atoms with Gasteiger partial charge in [-0.1, -0.05) is 42.1 Å². The molecule has 0 bridgehead atoms. The molecule has 0 saturated carbocycles. The van der Waals surface area contributed by atoms with Crippen LogP contribution in [0.15, 0.2) is 51.4 Å². The number of rotatable bonds is 7. The maximum Gasteiger partial charge on any atom is 0.191 e. The second kappa shape index (κ2) is 8.09. The molecule has 1 aromatic carbocycles. The normalized spacial score (nSPS) is 10.9. The van der Waals surface area contributed by atoms with Crippen molar-refractivity contribution < 1.29 is 4.79 Å². The highest BCUT2D eigenvalue weighted by Gasteiger charge is 2.15. The Morgan fingerprint density at radius 2 is 2.00 bits per heavy atom. The Kier molecular flexibility index (Phi) is 5.86. The van der Waals surface area contributed by atoms with Gasteiger partial charge in [0.15, 0.2) is 10.9 Å². The molecule has 0 amide bonds. The first-order valence-electron chi connectivity index (χ1n) is 7.54. The Labute approximate surface area is 157 Å². The third-order valence-electron chi connectivity index (χ3n) is 3.50. The molecule has 0 fully saturated rings. The summed E-state index contributed by atoms with van der Waals surface area (Å²) in [6, 6.07) is 14.0. The van der Waals surface area contributed by atoms with Crippen LogP contribution in [-0.4, -0.2) is 26.3 Å². The molecule has 3 rings (SSSR count). The second-order valence-electron chi connectivity index (χ2n) is 5.12. The van der Waals surface area contributed by atoms with E-state index in [-0.39, 0.29) is 5.78 Å². The molecule has 24 heavy (non-hydrogen) atoms. The van der Waals surface area contributed by atoms with Gasteiger partial charge in [0.25, 0.3) is 0 Å². The number of aromatic nitrogens is 3. The SMILES string of the molecule is CCn1c(Cc2ccccc2)nnc1SCC(=O)c1ccc(Br)s1. The number of Topliss-reactive ketones (excluding diaryl/α,β-unsaturated/α-hetero) is 1. The van der Waals surface area contributed by atoms with Gasteiger partial charge in [-0.2, -0.15) is 0 Å². The van der Waals surface area contributed by atoms with Gasteiger partial charge in [-0.3, -0.25) is 4.79 Å². The molecule has 0 spiro atoms. The van der Waals surface area contributed by atoms with E-state index in [0.29, 0.717) is 5.75 Å². The highest BCUT2D eigenvalue weighted by atomic mass is 79.9. The van der Waals surface area contributed by atoms with Gasteiger partial charge in [-0.05, 0) is 40.5 Å². The van der Waals surface area contributed by atoms with Crippen molar-refractivity contribution in [2.75, 3.05) is 5.75 Å². The maximum absolute atomic E-state index is 12.2. The van der Waals surface area contributed by atoms with E-state index >= 15 is 0 Å². The number of hydrogen-bond acceptors (Lipinski definition) is 5. The summed E-state index contributed by atoms with van der Waals surface area (Å²) in [7, 11) is 0. The van der Waals surface area contributed by atoms with E-state index < -0.39 is 0 Å². The molecule has 3 aromatic rings. The van der Waals surface area contributed by atoms with Crippen molar-refractivity contribution in [2.45, 2.75) is 25.0 Å². The molecule has 0 aliphatic rings. The van der Waals surface area contributed by atoms with Crippen molar-refractivity contribution in [3.8, 4) is 0 Å². The van der Waals surface area contributed by atoms with Crippen molar-refractivity contribution >= 4 is 44.8 Å². The zero-order valence-electron chi connectivity index (χ0n) is 13.1. The number of carbonyl (C=O) groups excluding carboxylic acids is 1. The predicted molar refractivity (Wildman–Crippen MR) is 102 cm³/mol. The molecule has 2 heterocycles. The Hall–Kier alpha value is -1.44. The fourth-order valence-electron chi connectivity index (χ4n) is 2.32. The molecule has 2 aromatic heterocycles. The topological polar surface area (TPSA) is 47.8 Å². The number of thioether (sulfide) groups is 1. The van der Waals surface area contributed by atoms with Gasteiger partial charge in [-0.25, -0.2) is 0 Å². The van der Waals surface area contributed by atoms with Crippen LogP contribution in [0.3, 0.4) is 0 Å². The van der Waals surface area contributed by atoms with Crippen molar-refractivity contribution in [1.29, 1.82) is 0 Å². The number of carbonyl (C=O) groups is 1. The summed E-state index contributed by atoms with van der Waals surface area (Å²) < 4.78 is 3.05. The van der Waals surface area contributed by atoms with Gasteiger partial charge in [0.05, 0.1) is 14.4 Å². The molecular formula is C17H16BrN3OS2. The number of hydrogen-bond donors (Lipinski definition) is 0. The van der Waals surface area contributed by atoms with Gasteiger partial charge in [0, 0.05) is 13.0 Å². The average Bonchev–Trinajstić information content (AvgIpc) is 3.19. The molecule has 7 heteroatoms. The smallest absolute Gasteiger partial charge is 0.191 e. The number of benzene rings is 1. The van der Waals surface area contributed by atoms with Crippen LogP contribution in [0.5, 0.6) is 0 Å². The van der Waals surface area contributed by atoms with Crippen molar-refractivity contribution in [3.05, 3.63) is 62.5 Å². The number of nitrogens with zero attached hydrogens (tertiary/aromatic N) is 3. The summed E-state index contributed by atoms with van der Waals surface area (Å²) in [5.74, 6) is 1.42. The zero-order valence-corrected chi connectivity index (χ0v) is 16.3. The van der Waals surface area contributed by atoms with Crippen LogP contribution < -0.4 is 0 Å². The molecule has 0 saturated heterocycles. The highest BCUT2D eigenvalue weighted by molar-refractivity contribution is 9.11. The average molecular weight is 422 g/mol. The molecule has 124 valence electrons. The van der Waals surface area contributed by atoms with Crippen molar-refractivity contribution in [3.63, 3.8) is 0 Å². The Balaban J connectivity index is 1.69. The van der Waals surface area contributed by atoms with Crippen LogP contribution in [0, 0.1) is 0 Å². The van der Waals surface area contributed by atoms with E-state index in [1.165, 1.54) is 28.7 Å². The van der Waals surface area contributed by atoms with Crippen LogP contribution >= 0.6 is 39.0 Å². The first-order valence-corrected chi connectivity index (χ1v) is 10.1. The number of thiophene rings is 1. The fourth-order valence-corrected chi connectivity index (χ4v) is 4.64. The van der Waals surface area contributed by atoms with Gasteiger partial charge in [-0.15, -0.1) is 21.5 Å². The monoisotopic (exact) mass is 421 g/mol. The predicted octanol–water partition coefficient (Wildman–Crippen LogP) is 4.69. The second-order valence-corrected chi connectivity index (χ2v) is 8.53. The fraction of sp³-hybridized carbons (Fsp3) is 0.235.